The molecule has 0 radical (unpaired) electrons. The Labute approximate surface area is 158 Å². The number of morpholine rings is 1. The van der Waals surface area contributed by atoms with Gasteiger partial charge in [-0.1, -0.05) is 11.6 Å². The maximum atomic E-state index is 12.4. The first-order valence-electron chi connectivity index (χ1n) is 8.69. The molecule has 0 aliphatic carbocycles. The molecule has 2 heterocycles. The number of benzene rings is 1. The van der Waals surface area contributed by atoms with Gasteiger partial charge in [0.1, 0.15) is 5.82 Å². The number of carbonyl (C=O) groups excluding carboxylic acids is 1. The summed E-state index contributed by atoms with van der Waals surface area (Å²) in [4.78, 5) is 18.9. The molecule has 6 nitrogen and oxygen atoms in total. The lowest BCUT2D eigenvalue weighted by Crippen LogP contribution is -2.41. The highest BCUT2D eigenvalue weighted by molar-refractivity contribution is 6.30. The van der Waals surface area contributed by atoms with Crippen LogP contribution in [0.25, 0.3) is 0 Å². The summed E-state index contributed by atoms with van der Waals surface area (Å²) in [6.07, 6.45) is 1.63. The van der Waals surface area contributed by atoms with E-state index in [-0.39, 0.29) is 5.91 Å². The zero-order valence-electron chi connectivity index (χ0n) is 14.8. The topological polar surface area (TPSA) is 66.5 Å². The predicted molar refractivity (Wildman–Crippen MR) is 103 cm³/mol. The number of aromatic nitrogens is 1. The molecule has 1 aliphatic heterocycles. The van der Waals surface area contributed by atoms with Gasteiger partial charge in [-0.3, -0.25) is 9.69 Å². The van der Waals surface area contributed by atoms with Crippen LogP contribution in [0.2, 0.25) is 5.02 Å². The van der Waals surface area contributed by atoms with E-state index in [1.165, 1.54) is 0 Å². The number of nitrogens with one attached hydrogen (secondary N) is 2. The van der Waals surface area contributed by atoms with Crippen molar-refractivity contribution in [2.45, 2.75) is 6.92 Å². The van der Waals surface area contributed by atoms with E-state index < -0.39 is 0 Å². The van der Waals surface area contributed by atoms with Crippen LogP contribution in [0.1, 0.15) is 15.9 Å². The third-order valence-electron chi connectivity index (χ3n) is 4.29. The monoisotopic (exact) mass is 374 g/mol. The minimum atomic E-state index is -0.100. The number of hydrogen-bond donors (Lipinski definition) is 2. The molecule has 1 amide bonds. The van der Waals surface area contributed by atoms with Crippen molar-refractivity contribution in [3.05, 3.63) is 52.7 Å². The van der Waals surface area contributed by atoms with Gasteiger partial charge in [-0.05, 0) is 42.8 Å². The average molecular weight is 375 g/mol. The first-order chi connectivity index (χ1) is 12.6. The van der Waals surface area contributed by atoms with Crippen LogP contribution in [0.15, 0.2) is 36.5 Å². The van der Waals surface area contributed by atoms with Crippen molar-refractivity contribution in [2.24, 2.45) is 0 Å². The molecule has 3 rings (SSSR count). The molecule has 138 valence electrons. The number of amides is 1. The molecule has 0 unspecified atom stereocenters. The van der Waals surface area contributed by atoms with Crippen LogP contribution in [-0.4, -0.2) is 55.2 Å². The highest BCUT2D eigenvalue weighted by atomic mass is 35.5. The Morgan fingerprint density at radius 1 is 1.27 bits per heavy atom. The van der Waals surface area contributed by atoms with E-state index in [1.807, 2.05) is 25.1 Å². The molecule has 1 fully saturated rings. The van der Waals surface area contributed by atoms with Crippen LogP contribution in [0.3, 0.4) is 0 Å². The Morgan fingerprint density at radius 3 is 2.85 bits per heavy atom. The maximum absolute atomic E-state index is 12.4. The van der Waals surface area contributed by atoms with E-state index in [1.54, 1.807) is 18.3 Å². The van der Waals surface area contributed by atoms with Gasteiger partial charge >= 0.3 is 0 Å². The van der Waals surface area contributed by atoms with Gasteiger partial charge in [-0.25, -0.2) is 4.98 Å². The van der Waals surface area contributed by atoms with Gasteiger partial charge in [0, 0.05) is 48.6 Å². The summed E-state index contributed by atoms with van der Waals surface area (Å²) in [5, 5.41) is 6.88. The summed E-state index contributed by atoms with van der Waals surface area (Å²) >= 11 is 5.98. The summed E-state index contributed by atoms with van der Waals surface area (Å²) in [7, 11) is 0. The van der Waals surface area contributed by atoms with Crippen molar-refractivity contribution in [1.82, 2.24) is 15.2 Å². The zero-order valence-corrected chi connectivity index (χ0v) is 15.6. The fourth-order valence-corrected chi connectivity index (χ4v) is 3.03. The molecule has 1 aliphatic rings. The summed E-state index contributed by atoms with van der Waals surface area (Å²) < 4.78 is 5.32. The van der Waals surface area contributed by atoms with Crippen molar-refractivity contribution >= 4 is 29.0 Å². The number of hydrogen-bond acceptors (Lipinski definition) is 5. The second-order valence-corrected chi connectivity index (χ2v) is 6.66. The lowest BCUT2D eigenvalue weighted by molar-refractivity contribution is 0.0383. The van der Waals surface area contributed by atoms with Crippen molar-refractivity contribution in [3.63, 3.8) is 0 Å². The van der Waals surface area contributed by atoms with Gasteiger partial charge in [-0.2, -0.15) is 0 Å². The fraction of sp³-hybridized carbons (Fsp3) is 0.368. The molecule has 7 heteroatoms. The fourth-order valence-electron chi connectivity index (χ4n) is 2.80. The normalized spacial score (nSPS) is 14.8. The summed E-state index contributed by atoms with van der Waals surface area (Å²) in [6.45, 7) is 6.76. The smallest absolute Gasteiger partial charge is 0.251 e. The Bertz CT molecular complexity index is 763. The summed E-state index contributed by atoms with van der Waals surface area (Å²) in [6, 6.07) is 9.06. The second kappa shape index (κ2) is 8.98. The number of pyridine rings is 1. The van der Waals surface area contributed by atoms with Gasteiger partial charge < -0.3 is 15.4 Å². The SMILES string of the molecule is Cc1cc(Cl)ccc1Nc1cc(C(=O)NCCN2CCOCC2)ccn1. The lowest BCUT2D eigenvalue weighted by atomic mass is 10.2. The quantitative estimate of drug-likeness (QED) is 0.813. The molecular weight excluding hydrogens is 352 g/mol. The number of ether oxygens (including phenoxy) is 1. The Morgan fingerprint density at radius 2 is 2.08 bits per heavy atom. The highest BCUT2D eigenvalue weighted by Crippen LogP contribution is 2.22. The van der Waals surface area contributed by atoms with Gasteiger partial charge in [0.25, 0.3) is 5.91 Å². The van der Waals surface area contributed by atoms with E-state index >= 15 is 0 Å². The highest BCUT2D eigenvalue weighted by Gasteiger charge is 2.11. The predicted octanol–water partition coefficient (Wildman–Crippen LogP) is 2.85. The van der Waals surface area contributed by atoms with E-state index in [9.17, 15) is 4.79 Å². The standard InChI is InChI=1S/C19H23ClN4O2/c1-14-12-16(20)2-3-17(14)23-18-13-15(4-5-21-18)19(25)22-6-7-24-8-10-26-11-9-24/h2-5,12-13H,6-11H2,1H3,(H,21,23)(H,22,25). The molecule has 0 bridgehead atoms. The van der Waals surface area contributed by atoms with Gasteiger partial charge in [-0.15, -0.1) is 0 Å². The number of anilines is 2. The van der Waals surface area contributed by atoms with Crippen LogP contribution in [0.5, 0.6) is 0 Å². The Kier molecular flexibility index (Phi) is 6.44. The van der Waals surface area contributed by atoms with Crippen LogP contribution in [-0.2, 0) is 4.74 Å². The number of carbonyl (C=O) groups is 1. The average Bonchev–Trinajstić information content (AvgIpc) is 2.65. The van der Waals surface area contributed by atoms with Crippen LogP contribution >= 0.6 is 11.6 Å². The summed E-state index contributed by atoms with van der Waals surface area (Å²) in [5.74, 6) is 0.521. The van der Waals surface area contributed by atoms with E-state index in [0.717, 1.165) is 44.1 Å². The zero-order chi connectivity index (χ0) is 18.4. The Hall–Kier alpha value is -2.15. The molecule has 0 saturated carbocycles. The molecule has 1 saturated heterocycles. The van der Waals surface area contributed by atoms with Gasteiger partial charge in [0.15, 0.2) is 0 Å². The molecule has 0 spiro atoms. The number of aryl methyl sites for hydroxylation is 1. The van der Waals surface area contributed by atoms with E-state index in [4.69, 9.17) is 16.3 Å². The number of rotatable bonds is 6. The molecule has 2 aromatic rings. The van der Waals surface area contributed by atoms with Crippen molar-refractivity contribution < 1.29 is 9.53 Å². The minimum Gasteiger partial charge on any atom is -0.379 e. The molecule has 2 N–H and O–H groups in total. The third kappa shape index (κ3) is 5.17. The number of halogens is 1. The van der Waals surface area contributed by atoms with Crippen LogP contribution in [0, 0.1) is 6.92 Å². The molecule has 1 aromatic carbocycles. The van der Waals surface area contributed by atoms with Crippen molar-refractivity contribution in [3.8, 4) is 0 Å². The molecule has 26 heavy (non-hydrogen) atoms. The molecular formula is C19H23ClN4O2. The van der Waals surface area contributed by atoms with E-state index in [0.29, 0.717) is 22.9 Å². The minimum absolute atomic E-state index is 0.100. The molecule has 1 aromatic heterocycles. The summed E-state index contributed by atoms with van der Waals surface area (Å²) in [5.41, 5.74) is 2.50. The van der Waals surface area contributed by atoms with Gasteiger partial charge in [0.05, 0.1) is 13.2 Å². The van der Waals surface area contributed by atoms with Gasteiger partial charge in [0.2, 0.25) is 0 Å². The van der Waals surface area contributed by atoms with Crippen molar-refractivity contribution in [1.29, 1.82) is 0 Å². The van der Waals surface area contributed by atoms with Crippen molar-refractivity contribution in [2.75, 3.05) is 44.7 Å². The second-order valence-electron chi connectivity index (χ2n) is 6.22. The van der Waals surface area contributed by atoms with Crippen LogP contribution in [0.4, 0.5) is 11.5 Å². The Balaban J connectivity index is 1.56. The maximum Gasteiger partial charge on any atom is 0.251 e. The third-order valence-corrected chi connectivity index (χ3v) is 4.53. The first kappa shape index (κ1) is 18.6. The number of nitrogens with zero attached hydrogens (tertiary/aromatic N) is 2. The first-order valence-corrected chi connectivity index (χ1v) is 9.07. The largest absolute Gasteiger partial charge is 0.379 e. The van der Waals surface area contributed by atoms with E-state index in [2.05, 4.69) is 20.5 Å². The lowest BCUT2D eigenvalue weighted by Gasteiger charge is -2.26. The van der Waals surface area contributed by atoms with Crippen LogP contribution < -0.4 is 10.6 Å². The molecule has 0 atom stereocenters.